The van der Waals surface area contributed by atoms with Crippen molar-refractivity contribution < 1.29 is 9.53 Å². The van der Waals surface area contributed by atoms with E-state index in [0.717, 1.165) is 17.3 Å². The molecule has 1 aliphatic rings. The third-order valence-electron chi connectivity index (χ3n) is 3.33. The van der Waals surface area contributed by atoms with Crippen molar-refractivity contribution >= 4 is 33.3 Å². The van der Waals surface area contributed by atoms with Crippen molar-refractivity contribution in [1.29, 1.82) is 0 Å². The predicted molar refractivity (Wildman–Crippen MR) is 79.4 cm³/mol. The molecular formula is C13H18BrN3O2. The summed E-state index contributed by atoms with van der Waals surface area (Å²) in [7, 11) is 1.55. The second kappa shape index (κ2) is 5.69. The molecule has 0 heterocycles. The predicted octanol–water partition coefficient (Wildman–Crippen LogP) is 2.96. The molecule has 2 amide bonds. The quantitative estimate of drug-likeness (QED) is 0.744. The maximum absolute atomic E-state index is 11.9. The molecule has 6 heteroatoms. The summed E-state index contributed by atoms with van der Waals surface area (Å²) in [6, 6.07) is 3.48. The van der Waals surface area contributed by atoms with Crippen LogP contribution in [-0.4, -0.2) is 19.2 Å². The minimum atomic E-state index is -0.221. The number of nitrogen functional groups attached to an aromatic ring is 1. The molecule has 2 atom stereocenters. The largest absolute Gasteiger partial charge is 0.495 e. The number of amides is 2. The van der Waals surface area contributed by atoms with Gasteiger partial charge in [0.15, 0.2) is 0 Å². The highest BCUT2D eigenvalue weighted by Gasteiger charge is 2.36. The Hall–Kier alpha value is -1.43. The number of ether oxygens (including phenoxy) is 1. The van der Waals surface area contributed by atoms with Crippen molar-refractivity contribution in [2.24, 2.45) is 5.92 Å². The molecule has 4 N–H and O–H groups in total. The summed E-state index contributed by atoms with van der Waals surface area (Å²) in [5.74, 6) is 1.18. The molecule has 2 rings (SSSR count). The molecule has 1 aromatic carbocycles. The maximum atomic E-state index is 11.9. The summed E-state index contributed by atoms with van der Waals surface area (Å²) < 4.78 is 5.96. The van der Waals surface area contributed by atoms with E-state index >= 15 is 0 Å². The molecule has 1 aliphatic carbocycles. The van der Waals surface area contributed by atoms with Crippen LogP contribution in [0, 0.1) is 5.92 Å². The fourth-order valence-corrected chi connectivity index (χ4v) is 2.36. The number of hydrogen-bond acceptors (Lipinski definition) is 3. The zero-order chi connectivity index (χ0) is 14.0. The molecular weight excluding hydrogens is 310 g/mol. The summed E-state index contributed by atoms with van der Waals surface area (Å²) in [4.78, 5) is 11.9. The molecule has 0 saturated heterocycles. The third-order valence-corrected chi connectivity index (χ3v) is 4.02. The average molecular weight is 328 g/mol. The number of carbonyl (C=O) groups excluding carboxylic acids is 1. The second-order valence-electron chi connectivity index (χ2n) is 4.68. The van der Waals surface area contributed by atoms with Crippen molar-refractivity contribution in [3.63, 3.8) is 0 Å². The van der Waals surface area contributed by atoms with Crippen LogP contribution >= 0.6 is 15.9 Å². The fraction of sp³-hybridized carbons (Fsp3) is 0.462. The van der Waals surface area contributed by atoms with Crippen LogP contribution in [0.5, 0.6) is 5.75 Å². The molecule has 2 unspecified atom stereocenters. The van der Waals surface area contributed by atoms with Gasteiger partial charge in [0.05, 0.1) is 12.8 Å². The lowest BCUT2D eigenvalue weighted by molar-refractivity contribution is 0.251. The van der Waals surface area contributed by atoms with Crippen molar-refractivity contribution in [1.82, 2.24) is 5.32 Å². The smallest absolute Gasteiger partial charge is 0.319 e. The van der Waals surface area contributed by atoms with Gasteiger partial charge >= 0.3 is 6.03 Å². The van der Waals surface area contributed by atoms with Gasteiger partial charge in [0.2, 0.25) is 0 Å². The number of methoxy groups -OCH3 is 1. The number of rotatable bonds is 4. The Bertz CT molecular complexity index is 493. The number of urea groups is 1. The highest BCUT2D eigenvalue weighted by molar-refractivity contribution is 9.10. The van der Waals surface area contributed by atoms with Gasteiger partial charge in [-0.3, -0.25) is 0 Å². The third kappa shape index (κ3) is 3.32. The molecule has 0 radical (unpaired) electrons. The van der Waals surface area contributed by atoms with Crippen molar-refractivity contribution in [3.8, 4) is 5.75 Å². The number of halogens is 1. The van der Waals surface area contributed by atoms with E-state index < -0.39 is 0 Å². The van der Waals surface area contributed by atoms with Gasteiger partial charge in [0.1, 0.15) is 5.75 Å². The monoisotopic (exact) mass is 327 g/mol. The zero-order valence-electron chi connectivity index (χ0n) is 11.0. The topological polar surface area (TPSA) is 76.4 Å². The Morgan fingerprint density at radius 3 is 2.89 bits per heavy atom. The first kappa shape index (κ1) is 14.0. The molecule has 0 bridgehead atoms. The molecule has 5 nitrogen and oxygen atoms in total. The molecule has 1 aromatic rings. The van der Waals surface area contributed by atoms with Gasteiger partial charge in [-0.1, -0.05) is 13.3 Å². The lowest BCUT2D eigenvalue weighted by atomic mass is 10.2. The standard InChI is InChI=1S/C13H18BrN3O2/c1-3-7-4-10(7)16-13(18)17-11-6-9(15)8(14)5-12(11)19-2/h5-7,10H,3-4,15H2,1-2H3,(H2,16,17,18). The highest BCUT2D eigenvalue weighted by atomic mass is 79.9. The van der Waals surface area contributed by atoms with Gasteiger partial charge in [0, 0.05) is 16.2 Å². The minimum absolute atomic E-state index is 0.221. The van der Waals surface area contributed by atoms with E-state index in [-0.39, 0.29) is 6.03 Å². The van der Waals surface area contributed by atoms with Crippen molar-refractivity contribution in [2.75, 3.05) is 18.2 Å². The van der Waals surface area contributed by atoms with Gasteiger partial charge in [-0.25, -0.2) is 4.79 Å². The molecule has 0 aliphatic heterocycles. The fourth-order valence-electron chi connectivity index (χ4n) is 2.04. The highest BCUT2D eigenvalue weighted by Crippen LogP contribution is 2.34. The second-order valence-corrected chi connectivity index (χ2v) is 5.54. The minimum Gasteiger partial charge on any atom is -0.495 e. The summed E-state index contributed by atoms with van der Waals surface area (Å²) in [5, 5.41) is 5.70. The van der Waals surface area contributed by atoms with E-state index in [1.54, 1.807) is 19.2 Å². The summed E-state index contributed by atoms with van der Waals surface area (Å²) in [6.07, 6.45) is 2.16. The normalized spacial score (nSPS) is 20.8. The zero-order valence-corrected chi connectivity index (χ0v) is 12.6. The van der Waals surface area contributed by atoms with E-state index in [9.17, 15) is 4.79 Å². The Balaban J connectivity index is 2.02. The van der Waals surface area contributed by atoms with Gasteiger partial charge in [-0.05, 0) is 40.4 Å². The van der Waals surface area contributed by atoms with Crippen molar-refractivity contribution in [2.45, 2.75) is 25.8 Å². The van der Waals surface area contributed by atoms with Crippen LogP contribution in [0.25, 0.3) is 0 Å². The Morgan fingerprint density at radius 2 is 2.32 bits per heavy atom. The van der Waals surface area contributed by atoms with Crippen LogP contribution in [0.3, 0.4) is 0 Å². The van der Waals surface area contributed by atoms with E-state index in [0.29, 0.717) is 29.1 Å². The van der Waals surface area contributed by atoms with Gasteiger partial charge in [-0.2, -0.15) is 0 Å². The number of benzene rings is 1. The maximum Gasteiger partial charge on any atom is 0.319 e. The lowest BCUT2D eigenvalue weighted by Crippen LogP contribution is -2.31. The number of nitrogens with two attached hydrogens (primary N) is 1. The van der Waals surface area contributed by atoms with Crippen LogP contribution in [0.1, 0.15) is 19.8 Å². The van der Waals surface area contributed by atoms with Gasteiger partial charge in [0.25, 0.3) is 0 Å². The van der Waals surface area contributed by atoms with E-state index in [4.69, 9.17) is 10.5 Å². The summed E-state index contributed by atoms with van der Waals surface area (Å²) in [5.41, 5.74) is 6.92. The first-order valence-corrected chi connectivity index (χ1v) is 7.05. The van der Waals surface area contributed by atoms with Crippen LogP contribution in [-0.2, 0) is 0 Å². The molecule has 1 fully saturated rings. The first-order chi connectivity index (χ1) is 9.05. The van der Waals surface area contributed by atoms with E-state index in [2.05, 4.69) is 33.5 Å². The Labute approximate surface area is 121 Å². The van der Waals surface area contributed by atoms with Crippen LogP contribution in [0.15, 0.2) is 16.6 Å². The molecule has 0 aromatic heterocycles. The molecule has 0 spiro atoms. The van der Waals surface area contributed by atoms with Crippen LogP contribution < -0.4 is 21.1 Å². The van der Waals surface area contributed by atoms with Crippen molar-refractivity contribution in [3.05, 3.63) is 16.6 Å². The van der Waals surface area contributed by atoms with E-state index in [1.807, 2.05) is 0 Å². The van der Waals surface area contributed by atoms with Crippen LogP contribution in [0.4, 0.5) is 16.2 Å². The number of carbonyl (C=O) groups is 1. The Morgan fingerprint density at radius 1 is 1.58 bits per heavy atom. The lowest BCUT2D eigenvalue weighted by Gasteiger charge is -2.13. The number of hydrogen-bond donors (Lipinski definition) is 3. The molecule has 1 saturated carbocycles. The Kier molecular flexibility index (Phi) is 4.19. The molecule has 19 heavy (non-hydrogen) atoms. The van der Waals surface area contributed by atoms with E-state index in [1.165, 1.54) is 0 Å². The summed E-state index contributed by atoms with van der Waals surface area (Å²) >= 11 is 3.32. The number of nitrogens with one attached hydrogen (secondary N) is 2. The first-order valence-electron chi connectivity index (χ1n) is 6.25. The van der Waals surface area contributed by atoms with Gasteiger partial charge < -0.3 is 21.1 Å². The average Bonchev–Trinajstić information content (AvgIpc) is 3.11. The number of anilines is 2. The molecule has 104 valence electrons. The SMILES string of the molecule is CCC1CC1NC(=O)Nc1cc(N)c(Br)cc1OC. The summed E-state index contributed by atoms with van der Waals surface area (Å²) in [6.45, 7) is 2.13. The van der Waals surface area contributed by atoms with Gasteiger partial charge in [-0.15, -0.1) is 0 Å². The van der Waals surface area contributed by atoms with Crippen LogP contribution in [0.2, 0.25) is 0 Å².